The van der Waals surface area contributed by atoms with E-state index in [9.17, 15) is 4.79 Å². The highest BCUT2D eigenvalue weighted by Crippen LogP contribution is 2.36. The lowest BCUT2D eigenvalue weighted by Crippen LogP contribution is -2.52. The minimum Gasteiger partial charge on any atom is -0.496 e. The highest BCUT2D eigenvalue weighted by atomic mass is 35.5. The van der Waals surface area contributed by atoms with E-state index in [-0.39, 0.29) is 17.6 Å². The summed E-state index contributed by atoms with van der Waals surface area (Å²) in [6.07, 6.45) is 3.00. The zero-order chi connectivity index (χ0) is 21.3. The van der Waals surface area contributed by atoms with Crippen molar-refractivity contribution in [2.24, 2.45) is 0 Å². The Labute approximate surface area is 180 Å². The molecule has 154 valence electrons. The topological polar surface area (TPSA) is 42.4 Å². The molecule has 1 aliphatic heterocycles. The van der Waals surface area contributed by atoms with Gasteiger partial charge in [0.1, 0.15) is 17.4 Å². The first-order valence-electron chi connectivity index (χ1n) is 9.81. The van der Waals surface area contributed by atoms with Gasteiger partial charge in [0.25, 0.3) is 0 Å². The van der Waals surface area contributed by atoms with Gasteiger partial charge in [0.15, 0.2) is 5.78 Å². The van der Waals surface area contributed by atoms with E-state index < -0.39 is 0 Å². The van der Waals surface area contributed by atoms with Crippen LogP contribution in [0.4, 0.5) is 10.2 Å². The lowest BCUT2D eigenvalue weighted by atomic mass is 9.97. The predicted octanol–water partition coefficient (Wildman–Crippen LogP) is 5.31. The summed E-state index contributed by atoms with van der Waals surface area (Å²) < 4.78 is 20.8. The van der Waals surface area contributed by atoms with Gasteiger partial charge < -0.3 is 9.64 Å². The van der Waals surface area contributed by atoms with E-state index in [4.69, 9.17) is 16.3 Å². The molecule has 0 N–H and O–H groups in total. The molecule has 4 rings (SSSR count). The lowest BCUT2D eigenvalue weighted by molar-refractivity contribution is -0.119. The molecule has 1 atom stereocenters. The molecule has 0 radical (unpaired) electrons. The number of benzene rings is 2. The molecule has 1 fully saturated rings. The molecule has 1 saturated heterocycles. The summed E-state index contributed by atoms with van der Waals surface area (Å²) in [7, 11) is 1.52. The van der Waals surface area contributed by atoms with Gasteiger partial charge in [-0.1, -0.05) is 35.9 Å². The summed E-state index contributed by atoms with van der Waals surface area (Å²) >= 11 is 6.10. The van der Waals surface area contributed by atoms with E-state index >= 15 is 4.39 Å². The molecule has 1 aliphatic rings. The van der Waals surface area contributed by atoms with E-state index in [1.165, 1.54) is 7.11 Å². The first-order chi connectivity index (χ1) is 14.5. The number of nitrogens with zero attached hydrogens (tertiary/aromatic N) is 2. The maximum Gasteiger partial charge on any atom is 0.152 e. The number of aromatic nitrogens is 1. The third kappa shape index (κ3) is 3.90. The van der Waals surface area contributed by atoms with Crippen molar-refractivity contribution in [2.75, 3.05) is 18.6 Å². The largest absolute Gasteiger partial charge is 0.496 e. The molecule has 30 heavy (non-hydrogen) atoms. The quantitative estimate of drug-likeness (QED) is 0.538. The number of hydrogen-bond acceptors (Lipinski definition) is 4. The van der Waals surface area contributed by atoms with Crippen LogP contribution < -0.4 is 9.64 Å². The van der Waals surface area contributed by atoms with Crippen LogP contribution in [0.15, 0.2) is 54.7 Å². The number of hydrogen-bond donors (Lipinski definition) is 0. The average molecular weight is 425 g/mol. The molecule has 2 aromatic carbocycles. The van der Waals surface area contributed by atoms with Crippen LogP contribution in [0.1, 0.15) is 24.5 Å². The van der Waals surface area contributed by atoms with Crippen LogP contribution in [0.3, 0.4) is 0 Å². The van der Waals surface area contributed by atoms with E-state index in [1.54, 1.807) is 43.5 Å². The minimum atomic E-state index is -0.333. The summed E-state index contributed by atoms with van der Waals surface area (Å²) in [5.41, 5.74) is 2.50. The number of anilines is 1. The maximum absolute atomic E-state index is 15.4. The molecule has 0 unspecified atom stereocenters. The molecule has 0 bridgehead atoms. The smallest absolute Gasteiger partial charge is 0.152 e. The highest BCUT2D eigenvalue weighted by molar-refractivity contribution is 6.30. The third-order valence-corrected chi connectivity index (χ3v) is 5.74. The van der Waals surface area contributed by atoms with Gasteiger partial charge in [-0.2, -0.15) is 0 Å². The fourth-order valence-corrected chi connectivity index (χ4v) is 4.01. The Morgan fingerprint density at radius 3 is 2.70 bits per heavy atom. The second-order valence-corrected chi connectivity index (χ2v) is 7.87. The molecular formula is C24H22ClFN2O2. The van der Waals surface area contributed by atoms with Gasteiger partial charge in [-0.3, -0.25) is 4.79 Å². The first-order valence-corrected chi connectivity index (χ1v) is 10.2. The Kier molecular flexibility index (Phi) is 5.73. The van der Waals surface area contributed by atoms with Crippen molar-refractivity contribution in [2.45, 2.75) is 25.8 Å². The number of ketones is 1. The normalized spacial score (nSPS) is 15.6. The molecule has 0 amide bonds. The van der Waals surface area contributed by atoms with Crippen LogP contribution >= 0.6 is 11.6 Å². The van der Waals surface area contributed by atoms with Crippen LogP contribution in [0.25, 0.3) is 11.1 Å². The van der Waals surface area contributed by atoms with Gasteiger partial charge in [-0.25, -0.2) is 9.37 Å². The minimum absolute atomic E-state index is 0.0809. The number of carbonyl (C=O) groups excluding carboxylic acids is 1. The Hall–Kier alpha value is -2.92. The second kappa shape index (κ2) is 8.44. The van der Waals surface area contributed by atoms with Gasteiger partial charge in [-0.15, -0.1) is 0 Å². The Morgan fingerprint density at radius 2 is 2.10 bits per heavy atom. The summed E-state index contributed by atoms with van der Waals surface area (Å²) in [5.74, 6) is 1.06. The molecule has 0 aliphatic carbocycles. The van der Waals surface area contributed by atoms with Crippen molar-refractivity contribution >= 4 is 23.2 Å². The number of ether oxygens (including phenoxy) is 1. The van der Waals surface area contributed by atoms with Crippen molar-refractivity contribution in [1.82, 2.24) is 4.98 Å². The van der Waals surface area contributed by atoms with E-state index in [2.05, 4.69) is 4.98 Å². The standard InChI is InChI=1S/C24H22ClFN2O2/c1-15(29)20-10-11-28(20)22-9-6-16(14-27-22)12-18-7-8-21(30-2)23(24(18)26)17-4-3-5-19(25)13-17/h3-9,13-14,20H,10-12H2,1-2H3/t20-/m0/s1. The zero-order valence-corrected chi connectivity index (χ0v) is 17.6. The molecule has 0 saturated carbocycles. The summed E-state index contributed by atoms with van der Waals surface area (Å²) in [5, 5.41) is 0.536. The van der Waals surface area contributed by atoms with Gasteiger partial charge in [-0.05, 0) is 54.3 Å². The van der Waals surface area contributed by atoms with Crippen molar-refractivity contribution in [3.8, 4) is 16.9 Å². The predicted molar refractivity (Wildman–Crippen MR) is 117 cm³/mol. The fourth-order valence-electron chi connectivity index (χ4n) is 3.82. The number of pyridine rings is 1. The molecule has 4 nitrogen and oxygen atoms in total. The highest BCUT2D eigenvalue weighted by Gasteiger charge is 2.32. The van der Waals surface area contributed by atoms with Gasteiger partial charge in [0.05, 0.1) is 18.7 Å². The summed E-state index contributed by atoms with van der Waals surface area (Å²) in [4.78, 5) is 18.1. The van der Waals surface area contributed by atoms with E-state index in [0.717, 1.165) is 24.3 Å². The number of carbonyl (C=O) groups is 1. The fraction of sp³-hybridized carbons (Fsp3) is 0.250. The molecule has 0 spiro atoms. The second-order valence-electron chi connectivity index (χ2n) is 7.44. The Morgan fingerprint density at radius 1 is 1.27 bits per heavy atom. The van der Waals surface area contributed by atoms with Crippen molar-refractivity contribution < 1.29 is 13.9 Å². The molecule has 2 heterocycles. The average Bonchev–Trinajstić information content (AvgIpc) is 2.69. The Bertz CT molecular complexity index is 1090. The van der Waals surface area contributed by atoms with Crippen molar-refractivity contribution in [3.05, 3.63) is 76.7 Å². The van der Waals surface area contributed by atoms with Crippen LogP contribution in [0, 0.1) is 5.82 Å². The van der Waals surface area contributed by atoms with E-state index in [1.807, 2.05) is 23.1 Å². The molecule has 6 heteroatoms. The monoisotopic (exact) mass is 424 g/mol. The van der Waals surface area contributed by atoms with Gasteiger partial charge >= 0.3 is 0 Å². The number of methoxy groups -OCH3 is 1. The number of halogens is 2. The summed E-state index contributed by atoms with van der Waals surface area (Å²) in [6, 6.07) is 14.3. The first kappa shape index (κ1) is 20.4. The van der Waals surface area contributed by atoms with Crippen LogP contribution in [0.5, 0.6) is 5.75 Å². The van der Waals surface area contributed by atoms with Crippen LogP contribution in [0.2, 0.25) is 5.02 Å². The Balaban J connectivity index is 1.61. The number of Topliss-reactive ketones (excluding diaryl/α,β-unsaturated/α-hetero) is 1. The zero-order valence-electron chi connectivity index (χ0n) is 16.9. The van der Waals surface area contributed by atoms with Crippen LogP contribution in [-0.2, 0) is 11.2 Å². The third-order valence-electron chi connectivity index (χ3n) is 5.50. The van der Waals surface area contributed by atoms with Gasteiger partial charge in [0.2, 0.25) is 0 Å². The van der Waals surface area contributed by atoms with E-state index in [0.29, 0.717) is 33.9 Å². The molecular weight excluding hydrogens is 403 g/mol. The molecule has 3 aromatic rings. The molecule has 1 aromatic heterocycles. The van der Waals surface area contributed by atoms with Crippen molar-refractivity contribution in [3.63, 3.8) is 0 Å². The SMILES string of the molecule is COc1ccc(Cc2ccc(N3CC[C@H]3C(C)=O)nc2)c(F)c1-c1cccc(Cl)c1. The number of rotatable bonds is 6. The van der Waals surface area contributed by atoms with Gasteiger partial charge in [0, 0.05) is 24.2 Å². The lowest BCUT2D eigenvalue weighted by Gasteiger charge is -2.40. The van der Waals surface area contributed by atoms with Crippen LogP contribution in [-0.4, -0.2) is 30.5 Å². The summed E-state index contributed by atoms with van der Waals surface area (Å²) in [6.45, 7) is 2.43. The maximum atomic E-state index is 15.4. The van der Waals surface area contributed by atoms with Crippen molar-refractivity contribution in [1.29, 1.82) is 0 Å².